The van der Waals surface area contributed by atoms with E-state index in [0.717, 1.165) is 0 Å². The van der Waals surface area contributed by atoms with E-state index in [2.05, 4.69) is 0 Å². The third-order valence-electron chi connectivity index (χ3n) is 1.83. The Kier molecular flexibility index (Phi) is 3.32. The molecule has 1 atom stereocenters. The van der Waals surface area contributed by atoms with Crippen molar-refractivity contribution in [2.75, 3.05) is 0 Å². The molecule has 1 N–H and O–H groups in total. The fourth-order valence-corrected chi connectivity index (χ4v) is 1.19. The van der Waals surface area contributed by atoms with E-state index < -0.39 is 5.38 Å². The largest absolute Gasteiger partial charge is 0.508 e. The van der Waals surface area contributed by atoms with Crippen LogP contribution in [-0.2, 0) is 11.2 Å². The molecule has 0 aliphatic rings. The molecule has 0 saturated carbocycles. The van der Waals surface area contributed by atoms with Crippen molar-refractivity contribution in [2.45, 2.75) is 18.7 Å². The van der Waals surface area contributed by atoms with Crippen molar-refractivity contribution in [3.8, 4) is 5.75 Å². The maximum absolute atomic E-state index is 10.8. The van der Waals surface area contributed by atoms with Crippen LogP contribution in [0.25, 0.3) is 0 Å². The third kappa shape index (κ3) is 2.74. The van der Waals surface area contributed by atoms with Crippen molar-refractivity contribution in [3.63, 3.8) is 0 Å². The van der Waals surface area contributed by atoms with Gasteiger partial charge in [-0.1, -0.05) is 18.2 Å². The highest BCUT2D eigenvalue weighted by Crippen LogP contribution is 2.19. The summed E-state index contributed by atoms with van der Waals surface area (Å²) in [6, 6.07) is 6.88. The minimum atomic E-state index is -0.548. The van der Waals surface area contributed by atoms with Gasteiger partial charge in [0.15, 0.2) is 0 Å². The number of carbonyl (C=O) groups excluding carboxylic acids is 1. The summed E-state index contributed by atoms with van der Waals surface area (Å²) >= 11 is 5.76. The summed E-state index contributed by atoms with van der Waals surface area (Å²) < 4.78 is 0. The van der Waals surface area contributed by atoms with Crippen molar-refractivity contribution < 1.29 is 9.90 Å². The fourth-order valence-electron chi connectivity index (χ4n) is 1.02. The van der Waals surface area contributed by atoms with Crippen LogP contribution in [0.2, 0.25) is 0 Å². The maximum atomic E-state index is 10.8. The zero-order valence-corrected chi connectivity index (χ0v) is 8.08. The zero-order chi connectivity index (χ0) is 9.84. The molecular weight excluding hydrogens is 188 g/mol. The first-order valence-electron chi connectivity index (χ1n) is 4.02. The molecule has 2 nitrogen and oxygen atoms in total. The van der Waals surface area contributed by atoms with Crippen molar-refractivity contribution >= 4 is 17.4 Å². The molecule has 1 unspecified atom stereocenters. The minimum absolute atomic E-state index is 0.0788. The molecule has 1 rings (SSSR count). The highest BCUT2D eigenvalue weighted by Gasteiger charge is 2.12. The van der Waals surface area contributed by atoms with Crippen LogP contribution in [0, 0.1) is 0 Å². The Labute approximate surface area is 82.2 Å². The van der Waals surface area contributed by atoms with Crippen LogP contribution in [-0.4, -0.2) is 16.3 Å². The molecule has 1 aromatic carbocycles. The number of phenolic OH excluding ortho intramolecular Hbond substituents is 1. The molecule has 0 heterocycles. The highest BCUT2D eigenvalue weighted by molar-refractivity contribution is 6.30. The minimum Gasteiger partial charge on any atom is -0.508 e. The summed E-state index contributed by atoms with van der Waals surface area (Å²) in [5.41, 5.74) is 0.706. The van der Waals surface area contributed by atoms with Crippen LogP contribution >= 0.6 is 11.6 Å². The van der Waals surface area contributed by atoms with Gasteiger partial charge in [-0.15, -0.1) is 11.6 Å². The average Bonchev–Trinajstić information content (AvgIpc) is 2.08. The van der Waals surface area contributed by atoms with Gasteiger partial charge < -0.3 is 5.11 Å². The Morgan fingerprint density at radius 1 is 1.54 bits per heavy atom. The van der Waals surface area contributed by atoms with Crippen LogP contribution in [0.15, 0.2) is 24.3 Å². The lowest BCUT2D eigenvalue weighted by Crippen LogP contribution is -2.13. The average molecular weight is 199 g/mol. The number of alkyl halides is 1. The van der Waals surface area contributed by atoms with E-state index in [1.54, 1.807) is 24.3 Å². The van der Waals surface area contributed by atoms with Crippen molar-refractivity contribution in [1.82, 2.24) is 0 Å². The molecule has 13 heavy (non-hydrogen) atoms. The van der Waals surface area contributed by atoms with Crippen LogP contribution < -0.4 is 0 Å². The van der Waals surface area contributed by atoms with E-state index in [1.807, 2.05) is 0 Å². The predicted octanol–water partition coefficient (Wildman–Crippen LogP) is 2.13. The van der Waals surface area contributed by atoms with Gasteiger partial charge in [0.05, 0.1) is 5.38 Å². The summed E-state index contributed by atoms with van der Waals surface area (Å²) in [6.45, 7) is 1.44. The Bertz CT molecular complexity index is 310. The van der Waals surface area contributed by atoms with Crippen LogP contribution in [0.3, 0.4) is 0 Å². The van der Waals surface area contributed by atoms with Crippen LogP contribution in [0.5, 0.6) is 5.75 Å². The van der Waals surface area contributed by atoms with Gasteiger partial charge in [-0.2, -0.15) is 0 Å². The molecular formula is C10H11ClO2. The van der Waals surface area contributed by atoms with Gasteiger partial charge in [-0.25, -0.2) is 0 Å². The Hall–Kier alpha value is -1.02. The number of halogens is 1. The molecule has 0 spiro atoms. The first-order valence-corrected chi connectivity index (χ1v) is 4.46. The molecule has 0 bridgehead atoms. The number of aromatic hydroxyl groups is 1. The van der Waals surface area contributed by atoms with Crippen LogP contribution in [0.1, 0.15) is 12.5 Å². The van der Waals surface area contributed by atoms with E-state index in [0.29, 0.717) is 12.0 Å². The number of hydrogen-bond donors (Lipinski definition) is 1. The Morgan fingerprint density at radius 3 is 2.69 bits per heavy atom. The molecule has 0 radical (unpaired) electrons. The zero-order valence-electron chi connectivity index (χ0n) is 7.33. The second-order valence-corrected chi connectivity index (χ2v) is 3.44. The molecule has 0 amide bonds. The van der Waals surface area contributed by atoms with Gasteiger partial charge in [-0.05, 0) is 25.0 Å². The number of carbonyl (C=O) groups is 1. The van der Waals surface area contributed by atoms with E-state index in [1.165, 1.54) is 6.92 Å². The molecule has 1 aromatic rings. The topological polar surface area (TPSA) is 37.3 Å². The molecule has 70 valence electrons. The molecule has 0 fully saturated rings. The fraction of sp³-hybridized carbons (Fsp3) is 0.300. The van der Waals surface area contributed by atoms with Gasteiger partial charge in [-0.3, -0.25) is 4.79 Å². The summed E-state index contributed by atoms with van der Waals surface area (Å²) in [4.78, 5) is 10.8. The summed E-state index contributed by atoms with van der Waals surface area (Å²) in [6.07, 6.45) is 0.379. The van der Waals surface area contributed by atoms with E-state index in [9.17, 15) is 9.90 Å². The SMILES string of the molecule is CC(=O)C(Cl)Cc1ccccc1O. The lowest BCUT2D eigenvalue weighted by atomic mass is 10.1. The van der Waals surface area contributed by atoms with Gasteiger partial charge in [0, 0.05) is 0 Å². The number of ketones is 1. The lowest BCUT2D eigenvalue weighted by molar-refractivity contribution is -0.116. The quantitative estimate of drug-likeness (QED) is 0.756. The maximum Gasteiger partial charge on any atom is 0.147 e. The number of benzene rings is 1. The third-order valence-corrected chi connectivity index (χ3v) is 2.29. The standard InChI is InChI=1S/C10H11ClO2/c1-7(12)9(11)6-8-4-2-3-5-10(8)13/h2-5,9,13H,6H2,1H3. The van der Waals surface area contributed by atoms with Gasteiger partial charge in [0.1, 0.15) is 11.5 Å². The Balaban J connectivity index is 2.74. The normalized spacial score (nSPS) is 12.5. The highest BCUT2D eigenvalue weighted by atomic mass is 35.5. The van der Waals surface area contributed by atoms with Gasteiger partial charge in [0.25, 0.3) is 0 Å². The first kappa shape index (κ1) is 10.1. The monoisotopic (exact) mass is 198 g/mol. The van der Waals surface area contributed by atoms with E-state index >= 15 is 0 Å². The number of rotatable bonds is 3. The number of phenols is 1. The lowest BCUT2D eigenvalue weighted by Gasteiger charge is -2.06. The second-order valence-electron chi connectivity index (χ2n) is 2.91. The van der Waals surface area contributed by atoms with E-state index in [-0.39, 0.29) is 11.5 Å². The number of Topliss-reactive ketones (excluding diaryl/α,β-unsaturated/α-hetero) is 1. The number of hydrogen-bond acceptors (Lipinski definition) is 2. The number of para-hydroxylation sites is 1. The summed E-state index contributed by atoms with van der Waals surface area (Å²) in [5, 5.41) is 8.82. The second kappa shape index (κ2) is 4.28. The van der Waals surface area contributed by atoms with Gasteiger partial charge >= 0.3 is 0 Å². The molecule has 0 saturated heterocycles. The van der Waals surface area contributed by atoms with E-state index in [4.69, 9.17) is 11.6 Å². The van der Waals surface area contributed by atoms with Crippen molar-refractivity contribution in [1.29, 1.82) is 0 Å². The molecule has 3 heteroatoms. The molecule has 0 aromatic heterocycles. The first-order chi connectivity index (χ1) is 6.11. The van der Waals surface area contributed by atoms with Crippen molar-refractivity contribution in [3.05, 3.63) is 29.8 Å². The molecule has 0 aliphatic heterocycles. The van der Waals surface area contributed by atoms with Gasteiger partial charge in [0.2, 0.25) is 0 Å². The summed E-state index contributed by atoms with van der Waals surface area (Å²) in [7, 11) is 0. The smallest absolute Gasteiger partial charge is 0.147 e. The molecule has 0 aliphatic carbocycles. The van der Waals surface area contributed by atoms with Crippen LogP contribution in [0.4, 0.5) is 0 Å². The predicted molar refractivity (Wildman–Crippen MR) is 52.1 cm³/mol. The summed E-state index contributed by atoms with van der Waals surface area (Å²) in [5.74, 6) is 0.110. The Morgan fingerprint density at radius 2 is 2.15 bits per heavy atom. The van der Waals surface area contributed by atoms with Crippen molar-refractivity contribution in [2.24, 2.45) is 0 Å².